The number of amides is 1. The predicted octanol–water partition coefficient (Wildman–Crippen LogP) is 4.00. The van der Waals surface area contributed by atoms with Crippen molar-refractivity contribution in [2.24, 2.45) is 5.92 Å². The van der Waals surface area contributed by atoms with Gasteiger partial charge in [-0.15, -0.1) is 0 Å². The van der Waals surface area contributed by atoms with Crippen LogP contribution in [-0.4, -0.2) is 25.7 Å². The molecule has 3 nitrogen and oxygen atoms in total. The average Bonchev–Trinajstić information content (AvgIpc) is 2.60. The standard InChI is InChI=1S/C21H27NO2/c1-17(2)16-24-14-13-22-21(23)15-20(18-9-5-3-6-10-18)19-11-7-4-8-12-19/h3-12,17,20H,13-16H2,1-2H3,(H,22,23). The minimum Gasteiger partial charge on any atom is -0.379 e. The first-order chi connectivity index (χ1) is 11.7. The van der Waals surface area contributed by atoms with Gasteiger partial charge in [-0.2, -0.15) is 0 Å². The Labute approximate surface area is 145 Å². The van der Waals surface area contributed by atoms with Gasteiger partial charge in [0.15, 0.2) is 0 Å². The number of hydrogen-bond donors (Lipinski definition) is 1. The van der Waals surface area contributed by atoms with Gasteiger partial charge < -0.3 is 10.1 Å². The molecule has 0 bridgehead atoms. The van der Waals surface area contributed by atoms with E-state index in [1.54, 1.807) is 0 Å². The first-order valence-corrected chi connectivity index (χ1v) is 8.61. The number of ether oxygens (including phenoxy) is 1. The molecule has 1 N–H and O–H groups in total. The Balaban J connectivity index is 1.93. The first kappa shape index (κ1) is 18.2. The van der Waals surface area contributed by atoms with Crippen molar-refractivity contribution in [3.05, 3.63) is 71.8 Å². The van der Waals surface area contributed by atoms with Crippen LogP contribution in [0.3, 0.4) is 0 Å². The van der Waals surface area contributed by atoms with Crippen LogP contribution in [0.4, 0.5) is 0 Å². The molecule has 2 aromatic carbocycles. The van der Waals surface area contributed by atoms with Crippen LogP contribution >= 0.6 is 0 Å². The molecule has 0 spiro atoms. The van der Waals surface area contributed by atoms with Gasteiger partial charge in [-0.05, 0) is 17.0 Å². The fourth-order valence-corrected chi connectivity index (χ4v) is 2.64. The SMILES string of the molecule is CC(C)COCCNC(=O)CC(c1ccccc1)c1ccccc1. The zero-order valence-corrected chi connectivity index (χ0v) is 14.6. The maximum atomic E-state index is 12.3. The van der Waals surface area contributed by atoms with Crippen LogP contribution in [0, 0.1) is 5.92 Å². The van der Waals surface area contributed by atoms with E-state index in [1.807, 2.05) is 36.4 Å². The number of rotatable bonds is 9. The summed E-state index contributed by atoms with van der Waals surface area (Å²) in [6, 6.07) is 20.4. The lowest BCUT2D eigenvalue weighted by Crippen LogP contribution is -2.29. The van der Waals surface area contributed by atoms with Crippen molar-refractivity contribution in [3.8, 4) is 0 Å². The quantitative estimate of drug-likeness (QED) is 0.708. The highest BCUT2D eigenvalue weighted by atomic mass is 16.5. The maximum Gasteiger partial charge on any atom is 0.221 e. The van der Waals surface area contributed by atoms with Gasteiger partial charge in [0.25, 0.3) is 0 Å². The number of hydrogen-bond acceptors (Lipinski definition) is 2. The molecule has 0 aliphatic carbocycles. The van der Waals surface area contributed by atoms with Gasteiger partial charge >= 0.3 is 0 Å². The van der Waals surface area contributed by atoms with E-state index in [2.05, 4.69) is 43.4 Å². The zero-order valence-electron chi connectivity index (χ0n) is 14.6. The topological polar surface area (TPSA) is 38.3 Å². The lowest BCUT2D eigenvalue weighted by molar-refractivity contribution is -0.121. The highest BCUT2D eigenvalue weighted by Crippen LogP contribution is 2.27. The molecule has 1 amide bonds. The van der Waals surface area contributed by atoms with Crippen LogP contribution in [-0.2, 0) is 9.53 Å². The molecule has 2 rings (SSSR count). The van der Waals surface area contributed by atoms with Gasteiger partial charge in [0.05, 0.1) is 6.61 Å². The molecule has 0 saturated carbocycles. The summed E-state index contributed by atoms with van der Waals surface area (Å²) in [5.41, 5.74) is 2.32. The molecule has 128 valence electrons. The maximum absolute atomic E-state index is 12.3. The van der Waals surface area contributed by atoms with Crippen LogP contribution in [0.5, 0.6) is 0 Å². The fourth-order valence-electron chi connectivity index (χ4n) is 2.64. The van der Waals surface area contributed by atoms with Crippen LogP contribution < -0.4 is 5.32 Å². The summed E-state index contributed by atoms with van der Waals surface area (Å²) in [5, 5.41) is 2.96. The van der Waals surface area contributed by atoms with E-state index in [-0.39, 0.29) is 11.8 Å². The van der Waals surface area contributed by atoms with E-state index in [4.69, 9.17) is 4.74 Å². The van der Waals surface area contributed by atoms with E-state index in [1.165, 1.54) is 0 Å². The third-order valence-corrected chi connectivity index (χ3v) is 3.81. The van der Waals surface area contributed by atoms with Crippen molar-refractivity contribution in [3.63, 3.8) is 0 Å². The fraction of sp³-hybridized carbons (Fsp3) is 0.381. The van der Waals surface area contributed by atoms with Gasteiger partial charge in [-0.25, -0.2) is 0 Å². The third kappa shape index (κ3) is 6.17. The summed E-state index contributed by atoms with van der Waals surface area (Å²) >= 11 is 0. The lowest BCUT2D eigenvalue weighted by atomic mass is 9.88. The zero-order chi connectivity index (χ0) is 17.2. The third-order valence-electron chi connectivity index (χ3n) is 3.81. The first-order valence-electron chi connectivity index (χ1n) is 8.61. The summed E-state index contributed by atoms with van der Waals surface area (Å²) < 4.78 is 5.51. The van der Waals surface area contributed by atoms with Crippen LogP contribution in [0.25, 0.3) is 0 Å². The molecule has 0 fully saturated rings. The number of carbonyl (C=O) groups excluding carboxylic acids is 1. The Bertz CT molecular complexity index is 556. The minimum absolute atomic E-state index is 0.0563. The molecule has 0 aromatic heterocycles. The van der Waals surface area contributed by atoms with Crippen molar-refractivity contribution in [1.29, 1.82) is 0 Å². The van der Waals surface area contributed by atoms with Gasteiger partial charge in [-0.1, -0.05) is 74.5 Å². The average molecular weight is 325 g/mol. The summed E-state index contributed by atoms with van der Waals surface area (Å²) in [4.78, 5) is 12.3. The summed E-state index contributed by atoms with van der Waals surface area (Å²) in [7, 11) is 0. The molecular weight excluding hydrogens is 298 g/mol. The highest BCUT2D eigenvalue weighted by Gasteiger charge is 2.17. The second kappa shape index (κ2) is 9.89. The van der Waals surface area contributed by atoms with E-state index in [0.29, 0.717) is 25.5 Å². The summed E-state index contributed by atoms with van der Waals surface area (Å²) in [5.74, 6) is 0.645. The predicted molar refractivity (Wildman–Crippen MR) is 98.0 cm³/mol. The van der Waals surface area contributed by atoms with Crippen LogP contribution in [0.15, 0.2) is 60.7 Å². The van der Waals surface area contributed by atoms with E-state index in [0.717, 1.165) is 17.7 Å². The molecule has 0 aliphatic heterocycles. The van der Waals surface area contributed by atoms with Crippen molar-refractivity contribution in [2.75, 3.05) is 19.8 Å². The van der Waals surface area contributed by atoms with E-state index < -0.39 is 0 Å². The Morgan fingerprint density at radius 3 is 2.00 bits per heavy atom. The van der Waals surface area contributed by atoms with Crippen molar-refractivity contribution >= 4 is 5.91 Å². The molecule has 0 saturated heterocycles. The lowest BCUT2D eigenvalue weighted by Gasteiger charge is -2.18. The molecule has 0 radical (unpaired) electrons. The number of nitrogens with one attached hydrogen (secondary N) is 1. The molecule has 3 heteroatoms. The van der Waals surface area contributed by atoms with Crippen LogP contribution in [0.1, 0.15) is 37.3 Å². The van der Waals surface area contributed by atoms with Crippen molar-refractivity contribution < 1.29 is 9.53 Å². The molecule has 0 unspecified atom stereocenters. The van der Waals surface area contributed by atoms with Crippen molar-refractivity contribution in [2.45, 2.75) is 26.2 Å². The normalized spacial score (nSPS) is 11.0. The van der Waals surface area contributed by atoms with Crippen molar-refractivity contribution in [1.82, 2.24) is 5.32 Å². The molecule has 2 aromatic rings. The molecule has 0 atom stereocenters. The highest BCUT2D eigenvalue weighted by molar-refractivity contribution is 5.77. The second-order valence-corrected chi connectivity index (χ2v) is 6.40. The Kier molecular flexibility index (Phi) is 7.50. The van der Waals surface area contributed by atoms with Crippen LogP contribution in [0.2, 0.25) is 0 Å². The largest absolute Gasteiger partial charge is 0.379 e. The molecule has 0 aliphatic rings. The molecular formula is C21H27NO2. The smallest absolute Gasteiger partial charge is 0.221 e. The summed E-state index contributed by atoms with van der Waals surface area (Å²) in [6.07, 6.45) is 0.443. The minimum atomic E-state index is 0.0563. The summed E-state index contributed by atoms with van der Waals surface area (Å²) in [6.45, 7) is 6.07. The Morgan fingerprint density at radius 1 is 0.958 bits per heavy atom. The monoisotopic (exact) mass is 325 g/mol. The number of carbonyl (C=O) groups is 1. The second-order valence-electron chi connectivity index (χ2n) is 6.40. The Morgan fingerprint density at radius 2 is 1.50 bits per heavy atom. The molecule has 24 heavy (non-hydrogen) atoms. The van der Waals surface area contributed by atoms with Gasteiger partial charge in [0.1, 0.15) is 0 Å². The van der Waals surface area contributed by atoms with E-state index >= 15 is 0 Å². The Hall–Kier alpha value is -2.13. The van der Waals surface area contributed by atoms with E-state index in [9.17, 15) is 4.79 Å². The van der Waals surface area contributed by atoms with Gasteiger partial charge in [-0.3, -0.25) is 4.79 Å². The number of benzene rings is 2. The van der Waals surface area contributed by atoms with Gasteiger partial charge in [0, 0.05) is 25.5 Å². The molecule has 0 heterocycles. The van der Waals surface area contributed by atoms with Gasteiger partial charge in [0.2, 0.25) is 5.91 Å².